The SMILES string of the molecule is c1ccc2c(c1)oc1ccc(-c3ccc4c(c3)c3ccccc3n4-c3ccc(-c4nc(-c5ccc(-n6c7ccccc7c7cc(-c8ccc9oc%10ccccc%10c9c8)ccc76)cc5)c5cc(-n6c7ccccc7c7cc(-c8ccc9oc%10ccccc%10c9c8)ccc76)ccc5n4)cc3)cc12. The second-order valence-corrected chi connectivity index (χ2v) is 26.4. The molecule has 7 aromatic heterocycles. The molecule has 0 aliphatic heterocycles. The van der Waals surface area contributed by atoms with Crippen molar-refractivity contribution in [1.29, 1.82) is 0 Å². The number of para-hydroxylation sites is 6. The third-order valence-corrected chi connectivity index (χ3v) is 20.9. The molecule has 0 fully saturated rings. The molecule has 8 nitrogen and oxygen atoms in total. The smallest absolute Gasteiger partial charge is 0.160 e. The van der Waals surface area contributed by atoms with Gasteiger partial charge in [0.05, 0.1) is 44.3 Å². The van der Waals surface area contributed by atoms with E-state index in [-0.39, 0.29) is 0 Å². The fourth-order valence-electron chi connectivity index (χ4n) is 16.1. The van der Waals surface area contributed by atoms with E-state index in [1.165, 1.54) is 32.3 Å². The van der Waals surface area contributed by atoms with Gasteiger partial charge >= 0.3 is 0 Å². The van der Waals surface area contributed by atoms with Gasteiger partial charge in [0.15, 0.2) is 5.82 Å². The van der Waals surface area contributed by atoms with Gasteiger partial charge in [0, 0.05) is 98.2 Å². The molecule has 0 spiro atoms. The number of fused-ring (bicyclic) bond motifs is 19. The van der Waals surface area contributed by atoms with Crippen LogP contribution in [0, 0.1) is 0 Å². The summed E-state index contributed by atoms with van der Waals surface area (Å²) in [6.45, 7) is 0. The first-order chi connectivity index (χ1) is 49.5. The Hall–Kier alpha value is -13.6. The van der Waals surface area contributed by atoms with Gasteiger partial charge in [-0.3, -0.25) is 0 Å². The third kappa shape index (κ3) is 8.22. The monoisotopic (exact) mass is 1280 g/mol. The molecule has 15 aromatic carbocycles. The van der Waals surface area contributed by atoms with E-state index in [1.54, 1.807) is 0 Å². The lowest BCUT2D eigenvalue weighted by atomic mass is 10.0. The molecule has 0 aliphatic carbocycles. The number of hydrogen-bond donors (Lipinski definition) is 0. The van der Waals surface area contributed by atoms with Gasteiger partial charge in [-0.05, 0) is 197 Å². The van der Waals surface area contributed by atoms with Crippen LogP contribution >= 0.6 is 0 Å². The highest BCUT2D eigenvalue weighted by atomic mass is 16.3. The van der Waals surface area contributed by atoms with E-state index in [0.717, 1.165) is 177 Å². The highest BCUT2D eigenvalue weighted by Gasteiger charge is 2.22. The maximum absolute atomic E-state index is 6.25. The summed E-state index contributed by atoms with van der Waals surface area (Å²) in [6, 6.07) is 115. The zero-order valence-electron chi connectivity index (χ0n) is 53.6. The molecule has 0 unspecified atom stereocenters. The summed E-state index contributed by atoms with van der Waals surface area (Å²) < 4.78 is 25.8. The molecule has 0 radical (unpaired) electrons. The van der Waals surface area contributed by atoms with Gasteiger partial charge in [-0.1, -0.05) is 158 Å². The van der Waals surface area contributed by atoms with Crippen molar-refractivity contribution < 1.29 is 13.3 Å². The van der Waals surface area contributed by atoms with Crippen LogP contribution in [0.4, 0.5) is 0 Å². The summed E-state index contributed by atoms with van der Waals surface area (Å²) >= 11 is 0. The van der Waals surface area contributed by atoms with Gasteiger partial charge in [-0.2, -0.15) is 0 Å². The summed E-state index contributed by atoms with van der Waals surface area (Å²) in [5, 5.41) is 14.7. The Balaban J connectivity index is 0.671. The van der Waals surface area contributed by atoms with Crippen molar-refractivity contribution in [1.82, 2.24) is 23.7 Å². The van der Waals surface area contributed by atoms with Crippen LogP contribution in [0.15, 0.2) is 335 Å². The molecule has 100 heavy (non-hydrogen) atoms. The van der Waals surface area contributed by atoms with Gasteiger partial charge in [0.2, 0.25) is 0 Å². The lowest BCUT2D eigenvalue weighted by Gasteiger charge is -2.14. The molecule has 0 aliphatic rings. The van der Waals surface area contributed by atoms with Crippen LogP contribution in [0.1, 0.15) is 0 Å². The minimum Gasteiger partial charge on any atom is -0.456 e. The van der Waals surface area contributed by atoms with Crippen molar-refractivity contribution in [2.45, 2.75) is 0 Å². The molecule has 22 aromatic rings. The fourth-order valence-corrected chi connectivity index (χ4v) is 16.1. The fraction of sp³-hybridized carbons (Fsp3) is 0. The van der Waals surface area contributed by atoms with Crippen LogP contribution in [-0.2, 0) is 0 Å². The van der Waals surface area contributed by atoms with Crippen molar-refractivity contribution >= 4 is 142 Å². The number of benzene rings is 15. The molecule has 0 amide bonds. The Kier molecular flexibility index (Phi) is 11.5. The third-order valence-electron chi connectivity index (χ3n) is 20.9. The minimum atomic E-state index is 0.643. The van der Waals surface area contributed by atoms with Crippen LogP contribution in [0.5, 0.6) is 0 Å². The predicted octanol–water partition coefficient (Wildman–Crippen LogP) is 25.0. The molecule has 0 atom stereocenters. The number of nitrogens with zero attached hydrogens (tertiary/aromatic N) is 5. The van der Waals surface area contributed by atoms with Gasteiger partial charge in [-0.15, -0.1) is 0 Å². The lowest BCUT2D eigenvalue weighted by molar-refractivity contribution is 0.668. The van der Waals surface area contributed by atoms with E-state index in [2.05, 4.69) is 299 Å². The quantitative estimate of drug-likeness (QED) is 0.151. The topological polar surface area (TPSA) is 80.0 Å². The van der Waals surface area contributed by atoms with Crippen molar-refractivity contribution in [3.05, 3.63) is 322 Å². The molecular weight excluding hydrogens is 1220 g/mol. The molecule has 0 bridgehead atoms. The van der Waals surface area contributed by atoms with Crippen molar-refractivity contribution in [3.8, 4) is 73.1 Å². The summed E-state index contributed by atoms with van der Waals surface area (Å²) in [5.74, 6) is 0.643. The highest BCUT2D eigenvalue weighted by molar-refractivity contribution is 6.15. The Bertz CT molecular complexity index is 7220. The molecule has 7 heterocycles. The second kappa shape index (κ2) is 21.0. The zero-order valence-corrected chi connectivity index (χ0v) is 53.6. The Morgan fingerprint density at radius 1 is 0.190 bits per heavy atom. The number of furan rings is 3. The van der Waals surface area contributed by atoms with Crippen molar-refractivity contribution in [2.24, 2.45) is 0 Å². The van der Waals surface area contributed by atoms with Crippen LogP contribution in [-0.4, -0.2) is 23.7 Å². The molecule has 22 rings (SSSR count). The second-order valence-electron chi connectivity index (χ2n) is 26.4. The van der Waals surface area contributed by atoms with Gasteiger partial charge < -0.3 is 27.0 Å². The van der Waals surface area contributed by atoms with E-state index >= 15 is 0 Å². The molecule has 0 saturated heterocycles. The van der Waals surface area contributed by atoms with Crippen LogP contribution < -0.4 is 0 Å². The molecule has 8 heteroatoms. The van der Waals surface area contributed by atoms with E-state index < -0.39 is 0 Å². The van der Waals surface area contributed by atoms with E-state index in [4.69, 9.17) is 23.2 Å². The minimum absolute atomic E-state index is 0.643. The highest BCUT2D eigenvalue weighted by Crippen LogP contribution is 2.44. The summed E-state index contributed by atoms with van der Waals surface area (Å²) in [7, 11) is 0. The summed E-state index contributed by atoms with van der Waals surface area (Å²) in [5.41, 5.74) is 25.7. The lowest BCUT2D eigenvalue weighted by Crippen LogP contribution is -1.99. The van der Waals surface area contributed by atoms with Crippen molar-refractivity contribution in [3.63, 3.8) is 0 Å². The Labute approximate surface area is 570 Å². The molecular formula is C92H53N5O3. The van der Waals surface area contributed by atoms with Gasteiger partial charge in [-0.25, -0.2) is 9.97 Å². The molecule has 0 N–H and O–H groups in total. The van der Waals surface area contributed by atoms with E-state index in [9.17, 15) is 0 Å². The largest absolute Gasteiger partial charge is 0.456 e. The van der Waals surface area contributed by atoms with Crippen LogP contribution in [0.2, 0.25) is 0 Å². The van der Waals surface area contributed by atoms with E-state index in [1.807, 2.05) is 36.4 Å². The van der Waals surface area contributed by atoms with Crippen molar-refractivity contribution in [2.75, 3.05) is 0 Å². The van der Waals surface area contributed by atoms with Crippen LogP contribution in [0.3, 0.4) is 0 Å². The molecule has 0 saturated carbocycles. The maximum Gasteiger partial charge on any atom is 0.160 e. The van der Waals surface area contributed by atoms with Gasteiger partial charge in [0.1, 0.15) is 33.5 Å². The Morgan fingerprint density at radius 2 is 0.490 bits per heavy atom. The normalized spacial score (nSPS) is 12.2. The number of hydrogen-bond acceptors (Lipinski definition) is 5. The molecule has 464 valence electrons. The first kappa shape index (κ1) is 54.7. The summed E-state index contributed by atoms with van der Waals surface area (Å²) in [4.78, 5) is 11.1. The summed E-state index contributed by atoms with van der Waals surface area (Å²) in [6.07, 6.45) is 0. The maximum atomic E-state index is 6.25. The number of aromatic nitrogens is 5. The number of rotatable bonds is 8. The zero-order chi connectivity index (χ0) is 65.3. The standard InChI is InChI=1S/C92H53N5O3/c1-7-19-79-65(13-1)71-47-56(59-32-44-88-74(50-59)68-16-4-10-22-85(68)98-88)29-41-82(71)95(79)62-35-25-54(26-36-62)91-77-53-64(97-81-21-9-3-15-67(81)73-49-58(31-43-84(73)97)61-34-46-90-76(52-61)70-18-6-12-24-87(70)100-90)39-40-78(77)93-92(94-91)55-27-37-63(38-28-55)96-80-20-8-2-14-66(80)72-48-57(30-42-83(72)96)60-33-45-89-75(51-60)69-17-5-11-23-86(69)99-89/h1-53H. The average Bonchev–Trinajstić information content (AvgIpc) is 1.62. The van der Waals surface area contributed by atoms with Crippen LogP contribution in [0.25, 0.3) is 215 Å². The predicted molar refractivity (Wildman–Crippen MR) is 412 cm³/mol. The van der Waals surface area contributed by atoms with E-state index in [0.29, 0.717) is 5.82 Å². The first-order valence-electron chi connectivity index (χ1n) is 33.9. The first-order valence-corrected chi connectivity index (χ1v) is 33.9. The average molecular weight is 1280 g/mol. The van der Waals surface area contributed by atoms with Gasteiger partial charge in [0.25, 0.3) is 0 Å². The Morgan fingerprint density at radius 3 is 0.900 bits per heavy atom.